The van der Waals surface area contributed by atoms with E-state index in [-0.39, 0.29) is 6.04 Å². The number of hydrogen-bond acceptors (Lipinski definition) is 4. The van der Waals surface area contributed by atoms with Crippen molar-refractivity contribution in [3.8, 4) is 0 Å². The van der Waals surface area contributed by atoms with Gasteiger partial charge in [-0.05, 0) is 31.2 Å². The maximum Gasteiger partial charge on any atom is 0.146 e. The van der Waals surface area contributed by atoms with Crippen molar-refractivity contribution >= 4 is 0 Å². The molecule has 0 spiro atoms. The van der Waals surface area contributed by atoms with E-state index in [1.54, 1.807) is 0 Å². The third-order valence-electron chi connectivity index (χ3n) is 3.38. The second-order valence-electron chi connectivity index (χ2n) is 4.66. The molecule has 0 aromatic carbocycles. The first-order valence-electron chi connectivity index (χ1n) is 6.06. The zero-order chi connectivity index (χ0) is 11.4. The molecule has 4 nitrogen and oxygen atoms in total. The van der Waals surface area contributed by atoms with Crippen molar-refractivity contribution in [3.05, 3.63) is 23.8 Å². The quantitative estimate of drug-likeness (QED) is 0.603. The predicted molar refractivity (Wildman–Crippen MR) is 63.4 cm³/mol. The number of hydrazine groups is 1. The SMILES string of the molecule is Cc1cnc(C(NN)C2CCCCC2)nc1. The van der Waals surface area contributed by atoms with E-state index in [1.807, 2.05) is 19.3 Å². The van der Waals surface area contributed by atoms with E-state index in [4.69, 9.17) is 5.84 Å². The summed E-state index contributed by atoms with van der Waals surface area (Å²) in [5.41, 5.74) is 3.97. The molecule has 1 aromatic heterocycles. The highest BCUT2D eigenvalue weighted by molar-refractivity contribution is 5.05. The van der Waals surface area contributed by atoms with E-state index in [1.165, 1.54) is 32.1 Å². The van der Waals surface area contributed by atoms with Gasteiger partial charge < -0.3 is 0 Å². The summed E-state index contributed by atoms with van der Waals surface area (Å²) in [7, 11) is 0. The van der Waals surface area contributed by atoms with Gasteiger partial charge in [0.2, 0.25) is 0 Å². The lowest BCUT2D eigenvalue weighted by molar-refractivity contribution is 0.265. The van der Waals surface area contributed by atoms with Crippen LogP contribution in [0.25, 0.3) is 0 Å². The molecular weight excluding hydrogens is 200 g/mol. The Balaban J connectivity index is 2.11. The average Bonchev–Trinajstić information content (AvgIpc) is 2.34. The predicted octanol–water partition coefficient (Wildman–Crippen LogP) is 1.87. The summed E-state index contributed by atoms with van der Waals surface area (Å²) < 4.78 is 0. The zero-order valence-corrected chi connectivity index (χ0v) is 9.82. The highest BCUT2D eigenvalue weighted by atomic mass is 15.2. The Morgan fingerprint density at radius 1 is 1.25 bits per heavy atom. The van der Waals surface area contributed by atoms with E-state index >= 15 is 0 Å². The molecule has 1 saturated carbocycles. The van der Waals surface area contributed by atoms with Crippen molar-refractivity contribution < 1.29 is 0 Å². The minimum absolute atomic E-state index is 0.112. The van der Waals surface area contributed by atoms with Gasteiger partial charge in [0, 0.05) is 12.4 Å². The molecule has 1 aliphatic carbocycles. The Hall–Kier alpha value is -1.00. The van der Waals surface area contributed by atoms with E-state index in [9.17, 15) is 0 Å². The first-order chi connectivity index (χ1) is 7.81. The van der Waals surface area contributed by atoms with Crippen LogP contribution >= 0.6 is 0 Å². The third kappa shape index (κ3) is 2.57. The van der Waals surface area contributed by atoms with Crippen LogP contribution < -0.4 is 11.3 Å². The van der Waals surface area contributed by atoms with Crippen LogP contribution in [0.2, 0.25) is 0 Å². The van der Waals surface area contributed by atoms with Gasteiger partial charge in [-0.15, -0.1) is 0 Å². The Bertz CT molecular complexity index is 316. The maximum absolute atomic E-state index is 5.64. The lowest BCUT2D eigenvalue weighted by Gasteiger charge is -2.28. The fourth-order valence-electron chi connectivity index (χ4n) is 2.45. The van der Waals surface area contributed by atoms with E-state index in [0.717, 1.165) is 11.4 Å². The topological polar surface area (TPSA) is 63.8 Å². The maximum atomic E-state index is 5.64. The first kappa shape index (κ1) is 11.5. The van der Waals surface area contributed by atoms with Gasteiger partial charge in [0.1, 0.15) is 5.82 Å². The molecule has 0 saturated heterocycles. The molecule has 1 aliphatic rings. The van der Waals surface area contributed by atoms with Crippen LogP contribution in [0.1, 0.15) is 49.5 Å². The van der Waals surface area contributed by atoms with Crippen LogP contribution in [-0.4, -0.2) is 9.97 Å². The van der Waals surface area contributed by atoms with Gasteiger partial charge in [0.25, 0.3) is 0 Å². The summed E-state index contributed by atoms with van der Waals surface area (Å²) >= 11 is 0. The lowest BCUT2D eigenvalue weighted by atomic mass is 9.84. The number of nitrogens with one attached hydrogen (secondary N) is 1. The van der Waals surface area contributed by atoms with E-state index in [0.29, 0.717) is 5.92 Å². The van der Waals surface area contributed by atoms with Crippen LogP contribution in [0.5, 0.6) is 0 Å². The van der Waals surface area contributed by atoms with Crippen LogP contribution in [-0.2, 0) is 0 Å². The lowest BCUT2D eigenvalue weighted by Crippen LogP contribution is -2.35. The Morgan fingerprint density at radius 3 is 2.44 bits per heavy atom. The van der Waals surface area contributed by atoms with Gasteiger partial charge in [-0.2, -0.15) is 0 Å². The number of nitrogens with two attached hydrogens (primary N) is 1. The number of aryl methyl sites for hydroxylation is 1. The van der Waals surface area contributed by atoms with Crippen molar-refractivity contribution in [2.45, 2.75) is 45.1 Å². The van der Waals surface area contributed by atoms with Gasteiger partial charge in [-0.25, -0.2) is 15.4 Å². The highest BCUT2D eigenvalue weighted by Crippen LogP contribution is 2.32. The second kappa shape index (κ2) is 5.37. The zero-order valence-electron chi connectivity index (χ0n) is 9.82. The minimum Gasteiger partial charge on any atom is -0.271 e. The van der Waals surface area contributed by atoms with Gasteiger partial charge in [-0.3, -0.25) is 5.84 Å². The summed E-state index contributed by atoms with van der Waals surface area (Å²) in [6.45, 7) is 2.00. The van der Waals surface area contributed by atoms with E-state index < -0.39 is 0 Å². The first-order valence-corrected chi connectivity index (χ1v) is 6.06. The summed E-state index contributed by atoms with van der Waals surface area (Å²) in [5, 5.41) is 0. The molecule has 0 radical (unpaired) electrons. The van der Waals surface area contributed by atoms with Crippen molar-refractivity contribution in [2.75, 3.05) is 0 Å². The van der Waals surface area contributed by atoms with Crippen molar-refractivity contribution in [1.29, 1.82) is 0 Å². The Labute approximate surface area is 96.6 Å². The molecular formula is C12H20N4. The third-order valence-corrected chi connectivity index (χ3v) is 3.38. The largest absolute Gasteiger partial charge is 0.271 e. The van der Waals surface area contributed by atoms with Gasteiger partial charge in [-0.1, -0.05) is 19.3 Å². The molecule has 1 aromatic rings. The van der Waals surface area contributed by atoms with Crippen LogP contribution in [0.4, 0.5) is 0 Å². The fourth-order valence-corrected chi connectivity index (χ4v) is 2.45. The molecule has 0 bridgehead atoms. The van der Waals surface area contributed by atoms with Crippen molar-refractivity contribution in [2.24, 2.45) is 11.8 Å². The Morgan fingerprint density at radius 2 is 1.88 bits per heavy atom. The smallest absolute Gasteiger partial charge is 0.146 e. The molecule has 1 unspecified atom stereocenters. The standard InChI is InChI=1S/C12H20N4/c1-9-7-14-12(15-8-9)11(16-13)10-5-3-2-4-6-10/h7-8,10-11,16H,2-6,13H2,1H3. The van der Waals surface area contributed by atoms with Crippen molar-refractivity contribution in [3.63, 3.8) is 0 Å². The summed E-state index contributed by atoms with van der Waals surface area (Å²) in [5.74, 6) is 7.06. The molecule has 4 heteroatoms. The van der Waals surface area contributed by atoms with Crippen LogP contribution in [0.15, 0.2) is 12.4 Å². The van der Waals surface area contributed by atoms with Crippen LogP contribution in [0, 0.1) is 12.8 Å². The van der Waals surface area contributed by atoms with Gasteiger partial charge in [0.15, 0.2) is 0 Å². The fraction of sp³-hybridized carbons (Fsp3) is 0.667. The molecule has 2 rings (SSSR count). The number of aromatic nitrogens is 2. The van der Waals surface area contributed by atoms with Gasteiger partial charge in [0.05, 0.1) is 6.04 Å². The highest BCUT2D eigenvalue weighted by Gasteiger charge is 2.25. The number of nitrogens with zero attached hydrogens (tertiary/aromatic N) is 2. The van der Waals surface area contributed by atoms with Crippen LogP contribution in [0.3, 0.4) is 0 Å². The molecule has 0 amide bonds. The summed E-state index contributed by atoms with van der Waals surface area (Å²) in [6, 6.07) is 0.112. The molecule has 1 heterocycles. The average molecular weight is 220 g/mol. The monoisotopic (exact) mass is 220 g/mol. The second-order valence-corrected chi connectivity index (χ2v) is 4.66. The Kier molecular flexibility index (Phi) is 3.85. The van der Waals surface area contributed by atoms with Gasteiger partial charge >= 0.3 is 0 Å². The number of hydrogen-bond donors (Lipinski definition) is 2. The summed E-state index contributed by atoms with van der Waals surface area (Å²) in [6.07, 6.45) is 10.1. The normalized spacial score (nSPS) is 19.6. The minimum atomic E-state index is 0.112. The van der Waals surface area contributed by atoms with Crippen molar-refractivity contribution in [1.82, 2.24) is 15.4 Å². The molecule has 88 valence electrons. The number of rotatable bonds is 3. The molecule has 16 heavy (non-hydrogen) atoms. The molecule has 1 fully saturated rings. The molecule has 1 atom stereocenters. The molecule has 0 aliphatic heterocycles. The molecule has 3 N–H and O–H groups in total. The van der Waals surface area contributed by atoms with E-state index in [2.05, 4.69) is 15.4 Å². The summed E-state index contributed by atoms with van der Waals surface area (Å²) in [4.78, 5) is 8.74.